The summed E-state index contributed by atoms with van der Waals surface area (Å²) in [4.78, 5) is 0. The molecule has 0 spiro atoms. The van der Waals surface area contributed by atoms with Crippen molar-refractivity contribution in [3.8, 4) is 11.8 Å². The van der Waals surface area contributed by atoms with E-state index in [1.54, 1.807) is 6.07 Å². The summed E-state index contributed by atoms with van der Waals surface area (Å²) in [5, 5.41) is 0. The molecule has 0 aromatic heterocycles. The Bertz CT molecular complexity index is 304. The van der Waals surface area contributed by atoms with Crippen molar-refractivity contribution in [3.05, 3.63) is 29.8 Å². The van der Waals surface area contributed by atoms with Crippen molar-refractivity contribution in [2.24, 2.45) is 0 Å². The number of benzene rings is 1. The van der Waals surface area contributed by atoms with Crippen molar-refractivity contribution >= 4 is 5.69 Å². The van der Waals surface area contributed by atoms with Gasteiger partial charge < -0.3 is 0 Å². The Morgan fingerprint density at radius 3 is 2.75 bits per heavy atom. The van der Waals surface area contributed by atoms with Gasteiger partial charge in [0.05, 0.1) is 5.69 Å². The molecule has 0 saturated heterocycles. The lowest BCUT2D eigenvalue weighted by Gasteiger charge is -1.92. The van der Waals surface area contributed by atoms with Crippen molar-refractivity contribution in [2.45, 2.75) is 19.8 Å². The molecule has 0 aliphatic carbocycles. The Hall–Kier alpha value is -1.42. The molecule has 1 N–H and O–H groups in total. The summed E-state index contributed by atoms with van der Waals surface area (Å²) < 4.78 is 0. The van der Waals surface area contributed by atoms with Crippen LogP contribution in [0.3, 0.4) is 0 Å². The zero-order chi connectivity index (χ0) is 8.81. The topological polar surface area (TPSA) is 23.8 Å². The largest absolute Gasteiger partial charge is 0.300 e. The normalized spacial score (nSPS) is 8.75. The highest BCUT2D eigenvalue weighted by Crippen LogP contribution is 2.09. The van der Waals surface area contributed by atoms with Crippen molar-refractivity contribution in [2.75, 3.05) is 0 Å². The Morgan fingerprint density at radius 1 is 1.33 bits per heavy atom. The van der Waals surface area contributed by atoms with E-state index in [1.165, 1.54) is 0 Å². The minimum Gasteiger partial charge on any atom is -0.300 e. The van der Waals surface area contributed by atoms with Gasteiger partial charge in [-0.3, -0.25) is 5.73 Å². The van der Waals surface area contributed by atoms with Crippen molar-refractivity contribution < 1.29 is 0 Å². The Labute approximate surface area is 73.6 Å². The van der Waals surface area contributed by atoms with Gasteiger partial charge in [-0.25, -0.2) is 0 Å². The minimum atomic E-state index is 0.515. The van der Waals surface area contributed by atoms with E-state index in [9.17, 15) is 0 Å². The van der Waals surface area contributed by atoms with E-state index in [0.29, 0.717) is 5.69 Å². The second-order valence-electron chi connectivity index (χ2n) is 2.60. The maximum atomic E-state index is 7.50. The Balaban J connectivity index is 2.77. The first-order valence-electron chi connectivity index (χ1n) is 4.14. The molecule has 0 unspecified atom stereocenters. The van der Waals surface area contributed by atoms with Crippen LogP contribution >= 0.6 is 0 Å². The van der Waals surface area contributed by atoms with Gasteiger partial charge in [-0.05, 0) is 18.6 Å². The third kappa shape index (κ3) is 2.32. The van der Waals surface area contributed by atoms with E-state index >= 15 is 0 Å². The van der Waals surface area contributed by atoms with Crippen LogP contribution in [0.25, 0.3) is 0 Å². The highest BCUT2D eigenvalue weighted by molar-refractivity contribution is 5.52. The fourth-order valence-corrected chi connectivity index (χ4v) is 0.875. The molecule has 1 aromatic rings. The maximum Gasteiger partial charge on any atom is 0.0696 e. The molecule has 1 radical (unpaired) electrons. The molecule has 1 aromatic carbocycles. The number of unbranched alkanes of at least 4 members (excludes halogenated alkanes) is 1. The molecule has 0 atom stereocenters. The smallest absolute Gasteiger partial charge is 0.0696 e. The first-order valence-corrected chi connectivity index (χ1v) is 4.14. The average Bonchev–Trinajstić information content (AvgIpc) is 2.09. The maximum absolute atomic E-state index is 7.50. The predicted molar refractivity (Wildman–Crippen MR) is 51.0 cm³/mol. The zero-order valence-electron chi connectivity index (χ0n) is 7.22. The van der Waals surface area contributed by atoms with Crippen molar-refractivity contribution in [1.29, 1.82) is 0 Å². The first kappa shape index (κ1) is 8.67. The number of rotatable bonds is 1. The molecule has 1 rings (SSSR count). The molecule has 1 heteroatoms. The average molecular weight is 158 g/mol. The van der Waals surface area contributed by atoms with Crippen LogP contribution < -0.4 is 5.73 Å². The fraction of sp³-hybridized carbons (Fsp3) is 0.273. The van der Waals surface area contributed by atoms with Crippen LogP contribution in [0.15, 0.2) is 24.3 Å². The van der Waals surface area contributed by atoms with E-state index < -0.39 is 0 Å². The lowest BCUT2D eigenvalue weighted by atomic mass is 10.2. The monoisotopic (exact) mass is 158 g/mol. The van der Waals surface area contributed by atoms with Crippen LogP contribution in [-0.4, -0.2) is 0 Å². The first-order chi connectivity index (χ1) is 5.84. The molecular formula is C11H12N. The van der Waals surface area contributed by atoms with Gasteiger partial charge in [0.15, 0.2) is 0 Å². The van der Waals surface area contributed by atoms with Crippen LogP contribution in [-0.2, 0) is 0 Å². The Morgan fingerprint density at radius 2 is 2.08 bits per heavy atom. The van der Waals surface area contributed by atoms with E-state index in [2.05, 4.69) is 18.8 Å². The molecule has 12 heavy (non-hydrogen) atoms. The zero-order valence-corrected chi connectivity index (χ0v) is 7.22. The summed E-state index contributed by atoms with van der Waals surface area (Å²) in [5.41, 5.74) is 8.84. The number of nitrogens with one attached hydrogen (secondary N) is 1. The van der Waals surface area contributed by atoms with Gasteiger partial charge in [0.1, 0.15) is 0 Å². The van der Waals surface area contributed by atoms with Gasteiger partial charge in [0.25, 0.3) is 0 Å². The molecule has 0 bridgehead atoms. The van der Waals surface area contributed by atoms with E-state index in [-0.39, 0.29) is 0 Å². The molecule has 0 saturated carbocycles. The van der Waals surface area contributed by atoms with Crippen molar-refractivity contribution in [1.82, 2.24) is 5.73 Å². The van der Waals surface area contributed by atoms with Gasteiger partial charge in [0.2, 0.25) is 0 Å². The molecule has 0 heterocycles. The summed E-state index contributed by atoms with van der Waals surface area (Å²) in [6.45, 7) is 2.10. The van der Waals surface area contributed by atoms with Crippen LogP contribution in [0, 0.1) is 11.8 Å². The highest BCUT2D eigenvalue weighted by atomic mass is 14.5. The molecule has 0 aliphatic rings. The van der Waals surface area contributed by atoms with E-state index in [1.807, 2.05) is 18.2 Å². The lowest BCUT2D eigenvalue weighted by molar-refractivity contribution is 0.983. The van der Waals surface area contributed by atoms with Gasteiger partial charge >= 0.3 is 0 Å². The third-order valence-electron chi connectivity index (χ3n) is 1.53. The lowest BCUT2D eigenvalue weighted by Crippen LogP contribution is -1.77. The summed E-state index contributed by atoms with van der Waals surface area (Å²) in [6.07, 6.45) is 1.99. The van der Waals surface area contributed by atoms with E-state index in [4.69, 9.17) is 5.73 Å². The van der Waals surface area contributed by atoms with Crippen molar-refractivity contribution in [3.63, 3.8) is 0 Å². The SMILES string of the molecule is CCCC#Cc1ccccc1[NH]. The highest BCUT2D eigenvalue weighted by Gasteiger charge is 1.90. The Kier molecular flexibility index (Phi) is 3.22. The number of hydrogen-bond acceptors (Lipinski definition) is 0. The van der Waals surface area contributed by atoms with Crippen LogP contribution in [0.4, 0.5) is 5.69 Å². The molecule has 61 valence electrons. The van der Waals surface area contributed by atoms with Crippen LogP contribution in [0.5, 0.6) is 0 Å². The quantitative estimate of drug-likeness (QED) is 0.561. The molecule has 1 nitrogen and oxygen atoms in total. The predicted octanol–water partition coefficient (Wildman–Crippen LogP) is 2.75. The van der Waals surface area contributed by atoms with Gasteiger partial charge in [0, 0.05) is 12.0 Å². The minimum absolute atomic E-state index is 0.515. The third-order valence-corrected chi connectivity index (χ3v) is 1.53. The summed E-state index contributed by atoms with van der Waals surface area (Å²) in [5.74, 6) is 6.00. The standard InChI is InChI=1S/C11H12N/c1-2-3-4-7-10-8-5-6-9-11(10)12/h5-6,8-9,12H,2-3H2,1H3. The second-order valence-corrected chi connectivity index (χ2v) is 2.60. The van der Waals surface area contributed by atoms with Gasteiger partial charge in [-0.2, -0.15) is 0 Å². The van der Waals surface area contributed by atoms with Crippen LogP contribution in [0.1, 0.15) is 25.3 Å². The second kappa shape index (κ2) is 4.46. The fourth-order valence-electron chi connectivity index (χ4n) is 0.875. The summed E-state index contributed by atoms with van der Waals surface area (Å²) >= 11 is 0. The van der Waals surface area contributed by atoms with E-state index in [0.717, 1.165) is 18.4 Å². The summed E-state index contributed by atoms with van der Waals surface area (Å²) in [7, 11) is 0. The summed E-state index contributed by atoms with van der Waals surface area (Å²) in [6, 6.07) is 7.41. The van der Waals surface area contributed by atoms with Crippen LogP contribution in [0.2, 0.25) is 0 Å². The molecule has 0 aliphatic heterocycles. The molecule has 0 amide bonds. The number of hydrogen-bond donors (Lipinski definition) is 0. The molecule has 0 fully saturated rings. The van der Waals surface area contributed by atoms with Gasteiger partial charge in [-0.1, -0.05) is 30.9 Å². The molecular weight excluding hydrogens is 146 g/mol. The van der Waals surface area contributed by atoms with Gasteiger partial charge in [-0.15, -0.1) is 0 Å².